The van der Waals surface area contributed by atoms with Crippen LogP contribution in [0.4, 0.5) is 0 Å². The molecule has 3 heterocycles. The molecule has 0 unspecified atom stereocenters. The lowest BCUT2D eigenvalue weighted by atomic mass is 10.4. The van der Waals surface area contributed by atoms with Crippen molar-refractivity contribution >= 4 is 38.6 Å². The first-order valence-corrected chi connectivity index (χ1v) is 9.35. The van der Waals surface area contributed by atoms with Crippen LogP contribution in [-0.2, 0) is 10.0 Å². The fraction of sp³-hybridized carbons (Fsp3) is 0.0833. The van der Waals surface area contributed by atoms with Crippen molar-refractivity contribution in [2.45, 2.75) is 11.1 Å². The first kappa shape index (κ1) is 15.6. The molecule has 0 bridgehead atoms. The molecule has 0 spiro atoms. The number of amides is 1. The van der Waals surface area contributed by atoms with Crippen molar-refractivity contribution in [1.29, 1.82) is 0 Å². The maximum atomic E-state index is 12.1. The molecular formula is C12H9N5O3S3. The number of carbonyl (C=O) groups excluding carboxylic acids is 1. The molecule has 0 saturated heterocycles. The molecule has 0 aliphatic carbocycles. The van der Waals surface area contributed by atoms with E-state index in [1.54, 1.807) is 6.92 Å². The molecule has 3 aromatic heterocycles. The Morgan fingerprint density at radius 2 is 2.04 bits per heavy atom. The molecule has 0 saturated carbocycles. The Kier molecular flexibility index (Phi) is 4.15. The van der Waals surface area contributed by atoms with Crippen molar-refractivity contribution in [3.05, 3.63) is 40.9 Å². The Bertz CT molecular complexity index is 949. The van der Waals surface area contributed by atoms with Gasteiger partial charge in [0.05, 0.1) is 17.4 Å². The topological polar surface area (TPSA) is 115 Å². The predicted molar refractivity (Wildman–Crippen MR) is 84.6 cm³/mol. The molecule has 0 aliphatic heterocycles. The number of aryl methyl sites for hydroxylation is 1. The number of sulfonamides is 1. The van der Waals surface area contributed by atoms with Gasteiger partial charge < -0.3 is 0 Å². The second-order valence-corrected chi connectivity index (χ2v) is 8.26. The second-order valence-electron chi connectivity index (χ2n) is 4.26. The molecule has 1 amide bonds. The number of nitrogens with one attached hydrogen (secondary N) is 1. The highest BCUT2D eigenvalue weighted by Gasteiger charge is 2.22. The highest BCUT2D eigenvalue weighted by atomic mass is 32.2. The summed E-state index contributed by atoms with van der Waals surface area (Å²) in [4.78, 5) is 28.0. The number of nitrogens with zero attached hydrogens (tertiary/aromatic N) is 4. The van der Waals surface area contributed by atoms with E-state index in [0.29, 0.717) is 15.7 Å². The van der Waals surface area contributed by atoms with Crippen LogP contribution in [0.1, 0.15) is 15.5 Å². The SMILES string of the molecule is Cc1ncc(S(=O)(=O)NC(=O)c2csc(-c3cnccn3)n2)s1. The van der Waals surface area contributed by atoms with Gasteiger partial charge in [-0.3, -0.25) is 14.8 Å². The van der Waals surface area contributed by atoms with Crippen LogP contribution in [0, 0.1) is 6.92 Å². The molecule has 3 aromatic rings. The molecule has 0 fully saturated rings. The van der Waals surface area contributed by atoms with E-state index >= 15 is 0 Å². The van der Waals surface area contributed by atoms with Crippen LogP contribution < -0.4 is 4.72 Å². The third-order valence-corrected chi connectivity index (χ3v) is 6.18. The summed E-state index contributed by atoms with van der Waals surface area (Å²) in [6, 6.07) is 0. The monoisotopic (exact) mass is 367 g/mol. The van der Waals surface area contributed by atoms with Gasteiger partial charge in [0.1, 0.15) is 16.4 Å². The normalized spacial score (nSPS) is 11.3. The fourth-order valence-corrected chi connectivity index (χ4v) is 4.42. The maximum absolute atomic E-state index is 12.1. The number of thiazole rings is 2. The summed E-state index contributed by atoms with van der Waals surface area (Å²) in [6.45, 7) is 1.68. The van der Waals surface area contributed by atoms with E-state index in [4.69, 9.17) is 0 Å². The summed E-state index contributed by atoms with van der Waals surface area (Å²) < 4.78 is 26.2. The zero-order valence-corrected chi connectivity index (χ0v) is 14.1. The Labute approximate surface area is 139 Å². The second kappa shape index (κ2) is 6.10. The Balaban J connectivity index is 1.81. The third-order valence-electron chi connectivity index (χ3n) is 2.61. The van der Waals surface area contributed by atoms with Gasteiger partial charge in [0.15, 0.2) is 4.21 Å². The maximum Gasteiger partial charge on any atom is 0.284 e. The van der Waals surface area contributed by atoms with E-state index in [9.17, 15) is 13.2 Å². The van der Waals surface area contributed by atoms with Crippen molar-refractivity contribution in [3.63, 3.8) is 0 Å². The number of carbonyl (C=O) groups is 1. The summed E-state index contributed by atoms with van der Waals surface area (Å²) >= 11 is 2.16. The predicted octanol–water partition coefficient (Wildman–Crippen LogP) is 1.48. The van der Waals surface area contributed by atoms with Crippen molar-refractivity contribution in [1.82, 2.24) is 24.7 Å². The van der Waals surface area contributed by atoms with Gasteiger partial charge >= 0.3 is 0 Å². The highest BCUT2D eigenvalue weighted by molar-refractivity contribution is 7.92. The molecule has 0 atom stereocenters. The van der Waals surface area contributed by atoms with Crippen molar-refractivity contribution in [2.24, 2.45) is 0 Å². The molecule has 1 N–H and O–H groups in total. The highest BCUT2D eigenvalue weighted by Crippen LogP contribution is 2.22. The average Bonchev–Trinajstić information content (AvgIpc) is 3.17. The van der Waals surface area contributed by atoms with Crippen molar-refractivity contribution in [2.75, 3.05) is 0 Å². The standard InChI is InChI=1S/C12H9N5O3S3/c1-7-15-5-10(22-7)23(19,20)17-11(18)9-6-21-12(16-9)8-4-13-2-3-14-8/h2-6H,1H3,(H,17,18). The largest absolute Gasteiger partial charge is 0.284 e. The lowest BCUT2D eigenvalue weighted by Gasteiger charge is -2.02. The van der Waals surface area contributed by atoms with Crippen LogP contribution in [0.3, 0.4) is 0 Å². The molecule has 118 valence electrons. The van der Waals surface area contributed by atoms with Gasteiger partial charge in [0, 0.05) is 17.8 Å². The first-order chi connectivity index (χ1) is 11.0. The molecule has 0 aromatic carbocycles. The van der Waals surface area contributed by atoms with Gasteiger partial charge in [-0.25, -0.2) is 23.1 Å². The van der Waals surface area contributed by atoms with Crippen LogP contribution >= 0.6 is 22.7 Å². The Morgan fingerprint density at radius 1 is 1.22 bits per heavy atom. The van der Waals surface area contributed by atoms with E-state index in [0.717, 1.165) is 11.3 Å². The lowest BCUT2D eigenvalue weighted by Crippen LogP contribution is -2.30. The van der Waals surface area contributed by atoms with E-state index in [1.165, 1.54) is 41.5 Å². The molecular weight excluding hydrogens is 358 g/mol. The van der Waals surface area contributed by atoms with E-state index in [2.05, 4.69) is 19.9 Å². The smallest absolute Gasteiger partial charge is 0.266 e. The van der Waals surface area contributed by atoms with Crippen LogP contribution in [-0.4, -0.2) is 34.3 Å². The van der Waals surface area contributed by atoms with Gasteiger partial charge in [-0.1, -0.05) is 0 Å². The molecule has 23 heavy (non-hydrogen) atoms. The Hall–Kier alpha value is -2.24. The minimum Gasteiger partial charge on any atom is -0.266 e. The van der Waals surface area contributed by atoms with Crippen LogP contribution in [0.5, 0.6) is 0 Å². The molecule has 0 aliphatic rings. The van der Waals surface area contributed by atoms with E-state index in [-0.39, 0.29) is 9.90 Å². The van der Waals surface area contributed by atoms with Crippen LogP contribution in [0.25, 0.3) is 10.7 Å². The third kappa shape index (κ3) is 3.41. The summed E-state index contributed by atoms with van der Waals surface area (Å²) in [7, 11) is -3.95. The van der Waals surface area contributed by atoms with E-state index < -0.39 is 15.9 Å². The molecule has 0 radical (unpaired) electrons. The average molecular weight is 367 g/mol. The fourth-order valence-electron chi connectivity index (χ4n) is 1.60. The summed E-state index contributed by atoms with van der Waals surface area (Å²) in [5, 5.41) is 2.54. The first-order valence-electron chi connectivity index (χ1n) is 6.17. The van der Waals surface area contributed by atoms with Gasteiger partial charge in [-0.2, -0.15) is 0 Å². The zero-order chi connectivity index (χ0) is 16.4. The minimum atomic E-state index is -3.95. The molecule has 8 nitrogen and oxygen atoms in total. The van der Waals surface area contributed by atoms with Gasteiger partial charge in [-0.05, 0) is 6.92 Å². The zero-order valence-electron chi connectivity index (χ0n) is 11.6. The number of rotatable bonds is 4. The van der Waals surface area contributed by atoms with Crippen molar-refractivity contribution in [3.8, 4) is 10.7 Å². The van der Waals surface area contributed by atoms with Crippen molar-refractivity contribution < 1.29 is 13.2 Å². The molecule has 11 heteroatoms. The van der Waals surface area contributed by atoms with Crippen LogP contribution in [0.2, 0.25) is 0 Å². The lowest BCUT2D eigenvalue weighted by molar-refractivity contribution is 0.0977. The Morgan fingerprint density at radius 3 is 2.70 bits per heavy atom. The van der Waals surface area contributed by atoms with E-state index in [1.807, 2.05) is 4.72 Å². The summed E-state index contributed by atoms with van der Waals surface area (Å²) in [6.07, 6.45) is 5.75. The number of hydrogen-bond acceptors (Lipinski definition) is 9. The quantitative estimate of drug-likeness (QED) is 0.742. The minimum absolute atomic E-state index is 0.000431. The summed E-state index contributed by atoms with van der Waals surface area (Å²) in [5.74, 6) is -0.803. The number of aromatic nitrogens is 4. The van der Waals surface area contributed by atoms with Gasteiger partial charge in [0.2, 0.25) is 0 Å². The molecule has 3 rings (SSSR count). The number of hydrogen-bond donors (Lipinski definition) is 1. The summed E-state index contributed by atoms with van der Waals surface area (Å²) in [5.41, 5.74) is 0.512. The van der Waals surface area contributed by atoms with Gasteiger partial charge in [0.25, 0.3) is 15.9 Å². The van der Waals surface area contributed by atoms with Gasteiger partial charge in [-0.15, -0.1) is 22.7 Å². The van der Waals surface area contributed by atoms with Crippen LogP contribution in [0.15, 0.2) is 34.4 Å².